The Bertz CT molecular complexity index is 764. The van der Waals surface area contributed by atoms with E-state index in [1.807, 2.05) is 30.3 Å². The van der Waals surface area contributed by atoms with Gasteiger partial charge in [-0.05, 0) is 36.8 Å². The normalized spacial score (nSPS) is 10.7. The molecule has 100 valence electrons. The average molecular weight is 267 g/mol. The monoisotopic (exact) mass is 267 g/mol. The topological polar surface area (TPSA) is 56.5 Å². The Morgan fingerprint density at radius 2 is 2.15 bits per heavy atom. The summed E-state index contributed by atoms with van der Waals surface area (Å²) >= 11 is 0. The number of rotatable bonds is 3. The highest BCUT2D eigenvalue weighted by Gasteiger charge is 2.11. The highest BCUT2D eigenvalue weighted by molar-refractivity contribution is 5.92. The third-order valence-corrected chi connectivity index (χ3v) is 2.99. The molecule has 0 saturated carbocycles. The van der Waals surface area contributed by atoms with Crippen molar-refractivity contribution in [1.29, 1.82) is 0 Å². The van der Waals surface area contributed by atoms with Crippen LogP contribution in [0.25, 0.3) is 16.6 Å². The smallest absolute Gasteiger partial charge is 0.338 e. The SMILES string of the molecule is CCOC(=O)c1cccc(-c2cnn3ncccc23)c1. The molecular weight excluding hydrogens is 254 g/mol. The Balaban J connectivity index is 2.06. The van der Waals surface area contributed by atoms with Gasteiger partial charge in [-0.15, -0.1) is 0 Å². The predicted molar refractivity (Wildman–Crippen MR) is 74.4 cm³/mol. The van der Waals surface area contributed by atoms with Gasteiger partial charge in [0.05, 0.1) is 23.9 Å². The van der Waals surface area contributed by atoms with Crippen LogP contribution in [0.3, 0.4) is 0 Å². The van der Waals surface area contributed by atoms with Crippen molar-refractivity contribution in [3.8, 4) is 11.1 Å². The quantitative estimate of drug-likeness (QED) is 0.684. The summed E-state index contributed by atoms with van der Waals surface area (Å²) in [5.74, 6) is -0.316. The first-order valence-electron chi connectivity index (χ1n) is 6.36. The minimum Gasteiger partial charge on any atom is -0.462 e. The summed E-state index contributed by atoms with van der Waals surface area (Å²) in [6.07, 6.45) is 3.42. The van der Waals surface area contributed by atoms with Gasteiger partial charge in [-0.1, -0.05) is 12.1 Å². The van der Waals surface area contributed by atoms with Crippen LogP contribution in [0, 0.1) is 0 Å². The molecule has 2 heterocycles. The van der Waals surface area contributed by atoms with E-state index in [4.69, 9.17) is 4.74 Å². The number of hydrogen-bond donors (Lipinski definition) is 0. The molecule has 5 heteroatoms. The van der Waals surface area contributed by atoms with Gasteiger partial charge < -0.3 is 4.74 Å². The van der Waals surface area contributed by atoms with Crippen LogP contribution in [0.15, 0.2) is 48.8 Å². The lowest BCUT2D eigenvalue weighted by Gasteiger charge is -2.04. The summed E-state index contributed by atoms with van der Waals surface area (Å²) in [5, 5.41) is 8.32. The molecule has 0 amide bonds. The highest BCUT2D eigenvalue weighted by Crippen LogP contribution is 2.24. The number of fused-ring (bicyclic) bond motifs is 1. The molecular formula is C15H13N3O2. The molecule has 0 fully saturated rings. The van der Waals surface area contributed by atoms with Crippen molar-refractivity contribution in [2.24, 2.45) is 0 Å². The Hall–Kier alpha value is -2.69. The van der Waals surface area contributed by atoms with Crippen LogP contribution in [-0.2, 0) is 4.74 Å². The predicted octanol–water partition coefficient (Wildman–Crippen LogP) is 2.57. The van der Waals surface area contributed by atoms with Gasteiger partial charge in [0.25, 0.3) is 0 Å². The van der Waals surface area contributed by atoms with Gasteiger partial charge in [0.1, 0.15) is 0 Å². The molecule has 3 rings (SSSR count). The molecule has 5 nitrogen and oxygen atoms in total. The fourth-order valence-electron chi connectivity index (χ4n) is 2.08. The van der Waals surface area contributed by atoms with E-state index in [1.165, 1.54) is 0 Å². The Morgan fingerprint density at radius 3 is 3.00 bits per heavy atom. The average Bonchev–Trinajstić information content (AvgIpc) is 2.91. The third-order valence-electron chi connectivity index (χ3n) is 2.99. The van der Waals surface area contributed by atoms with Gasteiger partial charge in [0.2, 0.25) is 0 Å². The second-order valence-corrected chi connectivity index (χ2v) is 4.26. The van der Waals surface area contributed by atoms with Crippen molar-refractivity contribution in [2.45, 2.75) is 6.92 Å². The zero-order chi connectivity index (χ0) is 13.9. The molecule has 20 heavy (non-hydrogen) atoms. The van der Waals surface area contributed by atoms with Crippen molar-refractivity contribution < 1.29 is 9.53 Å². The lowest BCUT2D eigenvalue weighted by Crippen LogP contribution is -2.04. The molecule has 0 bridgehead atoms. The fraction of sp³-hybridized carbons (Fsp3) is 0.133. The third kappa shape index (κ3) is 2.14. The second kappa shape index (κ2) is 5.13. The molecule has 0 radical (unpaired) electrons. The molecule has 0 aliphatic heterocycles. The number of esters is 1. The van der Waals surface area contributed by atoms with Gasteiger partial charge in [-0.25, -0.2) is 4.79 Å². The number of nitrogens with zero attached hydrogens (tertiary/aromatic N) is 3. The molecule has 0 unspecified atom stereocenters. The second-order valence-electron chi connectivity index (χ2n) is 4.26. The minimum atomic E-state index is -0.316. The Labute approximate surface area is 115 Å². The first-order valence-corrected chi connectivity index (χ1v) is 6.36. The van der Waals surface area contributed by atoms with Crippen molar-refractivity contribution >= 4 is 11.5 Å². The van der Waals surface area contributed by atoms with E-state index >= 15 is 0 Å². The van der Waals surface area contributed by atoms with E-state index in [-0.39, 0.29) is 5.97 Å². The van der Waals surface area contributed by atoms with E-state index in [1.54, 1.807) is 30.0 Å². The highest BCUT2D eigenvalue weighted by atomic mass is 16.5. The van der Waals surface area contributed by atoms with Gasteiger partial charge in [-0.2, -0.15) is 14.8 Å². The summed E-state index contributed by atoms with van der Waals surface area (Å²) in [4.78, 5) is 11.8. The molecule has 0 N–H and O–H groups in total. The Morgan fingerprint density at radius 1 is 1.25 bits per heavy atom. The first-order chi connectivity index (χ1) is 9.79. The largest absolute Gasteiger partial charge is 0.462 e. The first kappa shape index (κ1) is 12.3. The zero-order valence-corrected chi connectivity index (χ0v) is 11.0. The molecule has 0 aliphatic rings. The number of hydrogen-bond acceptors (Lipinski definition) is 4. The lowest BCUT2D eigenvalue weighted by molar-refractivity contribution is 0.0526. The standard InChI is InChI=1S/C15H13N3O2/c1-2-20-15(19)12-6-3-5-11(9-12)13-10-17-18-14(13)7-4-8-16-18/h3-10H,2H2,1H3. The van der Waals surface area contributed by atoms with E-state index in [0.29, 0.717) is 12.2 Å². The van der Waals surface area contributed by atoms with Crippen LogP contribution in [0.4, 0.5) is 0 Å². The van der Waals surface area contributed by atoms with Crippen LogP contribution >= 0.6 is 0 Å². The van der Waals surface area contributed by atoms with Gasteiger partial charge in [-0.3, -0.25) is 0 Å². The van der Waals surface area contributed by atoms with E-state index < -0.39 is 0 Å². The van der Waals surface area contributed by atoms with Crippen molar-refractivity contribution in [1.82, 2.24) is 14.8 Å². The molecule has 2 aromatic heterocycles. The van der Waals surface area contributed by atoms with Crippen molar-refractivity contribution in [2.75, 3.05) is 6.61 Å². The maximum atomic E-state index is 11.8. The fourth-order valence-corrected chi connectivity index (χ4v) is 2.08. The minimum absolute atomic E-state index is 0.316. The number of carbonyl (C=O) groups excluding carboxylic acids is 1. The molecule has 0 atom stereocenters. The zero-order valence-electron chi connectivity index (χ0n) is 11.0. The maximum Gasteiger partial charge on any atom is 0.338 e. The number of carbonyl (C=O) groups is 1. The summed E-state index contributed by atoms with van der Waals surface area (Å²) in [6.45, 7) is 2.16. The van der Waals surface area contributed by atoms with Crippen molar-refractivity contribution in [3.05, 3.63) is 54.4 Å². The summed E-state index contributed by atoms with van der Waals surface area (Å²) in [7, 11) is 0. The molecule has 0 aliphatic carbocycles. The maximum absolute atomic E-state index is 11.8. The van der Waals surface area contributed by atoms with Crippen LogP contribution in [0.1, 0.15) is 17.3 Å². The van der Waals surface area contributed by atoms with Crippen LogP contribution in [0.5, 0.6) is 0 Å². The van der Waals surface area contributed by atoms with E-state index in [2.05, 4.69) is 10.2 Å². The summed E-state index contributed by atoms with van der Waals surface area (Å²) in [5.41, 5.74) is 3.28. The molecule has 0 saturated heterocycles. The molecule has 3 aromatic rings. The summed E-state index contributed by atoms with van der Waals surface area (Å²) in [6, 6.07) is 11.1. The summed E-state index contributed by atoms with van der Waals surface area (Å²) < 4.78 is 6.58. The van der Waals surface area contributed by atoms with E-state index in [9.17, 15) is 4.79 Å². The Kier molecular flexibility index (Phi) is 3.16. The lowest BCUT2D eigenvalue weighted by atomic mass is 10.0. The van der Waals surface area contributed by atoms with Gasteiger partial charge in [0.15, 0.2) is 0 Å². The number of aromatic nitrogens is 3. The van der Waals surface area contributed by atoms with Gasteiger partial charge in [0, 0.05) is 11.8 Å². The van der Waals surface area contributed by atoms with Crippen LogP contribution in [-0.4, -0.2) is 27.4 Å². The molecule has 1 aromatic carbocycles. The van der Waals surface area contributed by atoms with E-state index in [0.717, 1.165) is 16.6 Å². The van der Waals surface area contributed by atoms with Crippen LogP contribution < -0.4 is 0 Å². The molecule has 0 spiro atoms. The number of benzene rings is 1. The van der Waals surface area contributed by atoms with Gasteiger partial charge >= 0.3 is 5.97 Å². The number of ether oxygens (including phenoxy) is 1. The van der Waals surface area contributed by atoms with Crippen LogP contribution in [0.2, 0.25) is 0 Å². The van der Waals surface area contributed by atoms with Crippen molar-refractivity contribution in [3.63, 3.8) is 0 Å².